The Morgan fingerprint density at radius 1 is 1.50 bits per heavy atom. The first-order chi connectivity index (χ1) is 9.29. The second-order valence-corrected chi connectivity index (χ2v) is 7.10. The summed E-state index contributed by atoms with van der Waals surface area (Å²) in [6.07, 6.45) is 0.668. The van der Waals surface area contributed by atoms with Crippen LogP contribution in [0.1, 0.15) is 24.7 Å². The Bertz CT molecular complexity index is 588. The SMILES string of the molecule is Cc1nn(CCN)c(C)c1S(=O)(=O)NC1(C)CCOC1. The molecule has 3 N–H and O–H groups in total. The molecule has 8 heteroatoms. The van der Waals surface area contributed by atoms with E-state index >= 15 is 0 Å². The standard InChI is InChI=1S/C12H22N4O3S/c1-9-11(10(2)16(14-9)6-5-13)20(17,18)15-12(3)4-7-19-8-12/h15H,4-8,13H2,1-3H3. The molecule has 20 heavy (non-hydrogen) atoms. The van der Waals surface area contributed by atoms with Crippen LogP contribution >= 0.6 is 0 Å². The lowest BCUT2D eigenvalue weighted by atomic mass is 10.0. The minimum Gasteiger partial charge on any atom is -0.379 e. The second kappa shape index (κ2) is 5.44. The molecule has 1 saturated heterocycles. The molecule has 0 aliphatic carbocycles. The lowest BCUT2D eigenvalue weighted by Crippen LogP contribution is -2.46. The number of hydrogen-bond acceptors (Lipinski definition) is 5. The topological polar surface area (TPSA) is 99.2 Å². The normalized spacial score (nSPS) is 23.4. The molecule has 1 atom stereocenters. The van der Waals surface area contributed by atoms with Gasteiger partial charge in [0.2, 0.25) is 10.0 Å². The predicted octanol–water partition coefficient (Wildman–Crippen LogP) is -0.0841. The van der Waals surface area contributed by atoms with Gasteiger partial charge in [-0.2, -0.15) is 5.10 Å². The van der Waals surface area contributed by atoms with E-state index in [1.54, 1.807) is 18.5 Å². The summed E-state index contributed by atoms with van der Waals surface area (Å²) in [4.78, 5) is 0.249. The molecule has 1 aromatic rings. The van der Waals surface area contributed by atoms with E-state index in [9.17, 15) is 8.42 Å². The smallest absolute Gasteiger partial charge is 0.244 e. The van der Waals surface area contributed by atoms with Crippen molar-refractivity contribution in [2.24, 2.45) is 5.73 Å². The van der Waals surface area contributed by atoms with Gasteiger partial charge in [-0.15, -0.1) is 0 Å². The molecule has 1 fully saturated rings. The Labute approximate surface area is 119 Å². The van der Waals surface area contributed by atoms with Gasteiger partial charge in [-0.3, -0.25) is 4.68 Å². The summed E-state index contributed by atoms with van der Waals surface area (Å²) < 4.78 is 34.9. The Hall–Kier alpha value is -0.960. The molecule has 0 spiro atoms. The van der Waals surface area contributed by atoms with Gasteiger partial charge in [-0.1, -0.05) is 0 Å². The minimum absolute atomic E-state index is 0.249. The summed E-state index contributed by atoms with van der Waals surface area (Å²) >= 11 is 0. The zero-order valence-electron chi connectivity index (χ0n) is 12.1. The summed E-state index contributed by atoms with van der Waals surface area (Å²) in [6, 6.07) is 0. The number of nitrogens with zero attached hydrogens (tertiary/aromatic N) is 2. The second-order valence-electron chi connectivity index (χ2n) is 5.48. The number of ether oxygens (including phenoxy) is 1. The minimum atomic E-state index is -3.62. The van der Waals surface area contributed by atoms with Crippen molar-refractivity contribution in [3.05, 3.63) is 11.4 Å². The summed E-state index contributed by atoms with van der Waals surface area (Å²) in [5.74, 6) is 0. The highest BCUT2D eigenvalue weighted by atomic mass is 32.2. The molecular formula is C12H22N4O3S. The molecule has 0 amide bonds. The maximum atomic E-state index is 12.6. The highest BCUT2D eigenvalue weighted by molar-refractivity contribution is 7.89. The van der Waals surface area contributed by atoms with Gasteiger partial charge in [0.15, 0.2) is 0 Å². The van der Waals surface area contributed by atoms with E-state index < -0.39 is 15.6 Å². The molecule has 2 heterocycles. The van der Waals surface area contributed by atoms with E-state index in [4.69, 9.17) is 10.5 Å². The monoisotopic (exact) mass is 302 g/mol. The average molecular weight is 302 g/mol. The van der Waals surface area contributed by atoms with Gasteiger partial charge in [0.1, 0.15) is 4.90 Å². The molecule has 1 aliphatic rings. The summed E-state index contributed by atoms with van der Waals surface area (Å²) in [5, 5.41) is 4.25. The third-order valence-electron chi connectivity index (χ3n) is 3.52. The summed E-state index contributed by atoms with van der Waals surface area (Å²) in [7, 11) is -3.62. The predicted molar refractivity (Wildman–Crippen MR) is 74.9 cm³/mol. The number of aromatic nitrogens is 2. The molecule has 114 valence electrons. The number of hydrogen-bond donors (Lipinski definition) is 2. The lowest BCUT2D eigenvalue weighted by Gasteiger charge is -2.23. The summed E-state index contributed by atoms with van der Waals surface area (Å²) in [5.41, 5.74) is 6.07. The maximum Gasteiger partial charge on any atom is 0.244 e. The molecule has 0 aromatic carbocycles. The van der Waals surface area contributed by atoms with E-state index in [0.29, 0.717) is 44.1 Å². The molecule has 2 rings (SSSR count). The number of rotatable bonds is 5. The highest BCUT2D eigenvalue weighted by Gasteiger charge is 2.36. The van der Waals surface area contributed by atoms with Crippen molar-refractivity contribution in [2.45, 2.75) is 44.2 Å². The van der Waals surface area contributed by atoms with Crippen molar-refractivity contribution < 1.29 is 13.2 Å². The quantitative estimate of drug-likeness (QED) is 0.792. The van der Waals surface area contributed by atoms with Gasteiger partial charge >= 0.3 is 0 Å². The first kappa shape index (κ1) is 15.4. The molecular weight excluding hydrogens is 280 g/mol. The molecule has 1 aliphatic heterocycles. The number of sulfonamides is 1. The van der Waals surface area contributed by atoms with Crippen LogP contribution in [0.25, 0.3) is 0 Å². The van der Waals surface area contributed by atoms with Crippen molar-refractivity contribution in [1.82, 2.24) is 14.5 Å². The average Bonchev–Trinajstić information content (AvgIpc) is 2.84. The van der Waals surface area contributed by atoms with Gasteiger partial charge in [0, 0.05) is 13.2 Å². The van der Waals surface area contributed by atoms with Crippen molar-refractivity contribution in [1.29, 1.82) is 0 Å². The van der Waals surface area contributed by atoms with Gasteiger partial charge in [0.25, 0.3) is 0 Å². The van der Waals surface area contributed by atoms with E-state index in [1.807, 2.05) is 6.92 Å². The Balaban J connectivity index is 2.34. The van der Waals surface area contributed by atoms with Gasteiger partial charge < -0.3 is 10.5 Å². The Kier molecular flexibility index (Phi) is 4.19. The van der Waals surface area contributed by atoms with Crippen molar-refractivity contribution in [3.8, 4) is 0 Å². The largest absolute Gasteiger partial charge is 0.379 e. The molecule has 0 bridgehead atoms. The van der Waals surface area contributed by atoms with Crippen LogP contribution in [0.3, 0.4) is 0 Å². The van der Waals surface area contributed by atoms with E-state index in [1.165, 1.54) is 0 Å². The number of nitrogens with one attached hydrogen (secondary N) is 1. The van der Waals surface area contributed by atoms with Gasteiger partial charge in [-0.05, 0) is 27.2 Å². The Morgan fingerprint density at radius 2 is 2.20 bits per heavy atom. The fourth-order valence-corrected chi connectivity index (χ4v) is 4.37. The fraction of sp³-hybridized carbons (Fsp3) is 0.750. The van der Waals surface area contributed by atoms with Crippen LogP contribution in [-0.2, 0) is 21.3 Å². The number of nitrogens with two attached hydrogens (primary N) is 1. The highest BCUT2D eigenvalue weighted by Crippen LogP contribution is 2.24. The van der Waals surface area contributed by atoms with Crippen LogP contribution in [0.4, 0.5) is 0 Å². The molecule has 0 saturated carbocycles. The van der Waals surface area contributed by atoms with Gasteiger partial charge in [-0.25, -0.2) is 13.1 Å². The zero-order chi connectivity index (χ0) is 15.0. The lowest BCUT2D eigenvalue weighted by molar-refractivity contribution is 0.178. The molecule has 7 nitrogen and oxygen atoms in total. The van der Waals surface area contributed by atoms with E-state index in [0.717, 1.165) is 0 Å². The van der Waals surface area contributed by atoms with Crippen LogP contribution in [-0.4, -0.2) is 43.5 Å². The van der Waals surface area contributed by atoms with Crippen molar-refractivity contribution >= 4 is 10.0 Å². The Morgan fingerprint density at radius 3 is 2.75 bits per heavy atom. The fourth-order valence-electron chi connectivity index (χ4n) is 2.53. The van der Waals surface area contributed by atoms with Crippen molar-refractivity contribution in [2.75, 3.05) is 19.8 Å². The first-order valence-electron chi connectivity index (χ1n) is 6.65. The molecule has 1 aromatic heterocycles. The van der Waals surface area contributed by atoms with Crippen LogP contribution in [0.2, 0.25) is 0 Å². The number of aryl methyl sites for hydroxylation is 1. The molecule has 1 unspecified atom stereocenters. The third kappa shape index (κ3) is 2.88. The summed E-state index contributed by atoms with van der Waals surface area (Å²) in [6.45, 7) is 7.18. The van der Waals surface area contributed by atoms with E-state index in [-0.39, 0.29) is 4.90 Å². The zero-order valence-corrected chi connectivity index (χ0v) is 13.0. The third-order valence-corrected chi connectivity index (χ3v) is 5.41. The maximum absolute atomic E-state index is 12.6. The first-order valence-corrected chi connectivity index (χ1v) is 8.13. The van der Waals surface area contributed by atoms with Crippen molar-refractivity contribution in [3.63, 3.8) is 0 Å². The molecule has 0 radical (unpaired) electrons. The van der Waals surface area contributed by atoms with Crippen LogP contribution < -0.4 is 10.5 Å². The van der Waals surface area contributed by atoms with Crippen LogP contribution in [0, 0.1) is 13.8 Å². The van der Waals surface area contributed by atoms with Crippen LogP contribution in [0.15, 0.2) is 4.90 Å². The van der Waals surface area contributed by atoms with E-state index in [2.05, 4.69) is 9.82 Å². The van der Waals surface area contributed by atoms with Gasteiger partial charge in [0.05, 0.1) is 30.1 Å². The van der Waals surface area contributed by atoms with Crippen LogP contribution in [0.5, 0.6) is 0 Å².